The van der Waals surface area contributed by atoms with E-state index < -0.39 is 0 Å². The SMILES string of the molecule is COc1ccc(C2=NO[C@H](CN(Cc3cccc(F)c3)C(=O)C3CCCC3)C2)cc1OC. The first-order valence-corrected chi connectivity index (χ1v) is 11.1. The summed E-state index contributed by atoms with van der Waals surface area (Å²) in [5.41, 5.74) is 2.47. The van der Waals surface area contributed by atoms with Crippen LogP contribution in [0.1, 0.15) is 43.2 Å². The van der Waals surface area contributed by atoms with Gasteiger partial charge in [-0.2, -0.15) is 0 Å². The summed E-state index contributed by atoms with van der Waals surface area (Å²) in [4.78, 5) is 20.7. The largest absolute Gasteiger partial charge is 0.493 e. The lowest BCUT2D eigenvalue weighted by Gasteiger charge is -2.27. The molecule has 170 valence electrons. The summed E-state index contributed by atoms with van der Waals surface area (Å²) in [6.07, 6.45) is 4.31. The van der Waals surface area contributed by atoms with Gasteiger partial charge in [-0.25, -0.2) is 4.39 Å². The van der Waals surface area contributed by atoms with Crippen molar-refractivity contribution >= 4 is 11.6 Å². The second-order valence-electron chi connectivity index (χ2n) is 8.37. The molecule has 2 aromatic rings. The summed E-state index contributed by atoms with van der Waals surface area (Å²) in [6, 6.07) is 12.0. The van der Waals surface area contributed by atoms with Crippen molar-refractivity contribution < 1.29 is 23.5 Å². The third kappa shape index (κ3) is 5.03. The van der Waals surface area contributed by atoms with Gasteiger partial charge < -0.3 is 19.2 Å². The summed E-state index contributed by atoms with van der Waals surface area (Å²) in [7, 11) is 3.19. The number of hydrogen-bond donors (Lipinski definition) is 0. The minimum atomic E-state index is -0.299. The first kappa shape index (κ1) is 22.1. The molecule has 7 heteroatoms. The molecule has 1 saturated carbocycles. The summed E-state index contributed by atoms with van der Waals surface area (Å²) >= 11 is 0. The van der Waals surface area contributed by atoms with E-state index >= 15 is 0 Å². The van der Waals surface area contributed by atoms with Gasteiger partial charge in [-0.1, -0.05) is 30.1 Å². The van der Waals surface area contributed by atoms with E-state index in [4.69, 9.17) is 14.3 Å². The van der Waals surface area contributed by atoms with Crippen LogP contribution < -0.4 is 9.47 Å². The molecule has 0 N–H and O–H groups in total. The fourth-order valence-electron chi connectivity index (χ4n) is 4.48. The topological polar surface area (TPSA) is 60.4 Å². The van der Waals surface area contributed by atoms with Gasteiger partial charge in [0, 0.05) is 24.4 Å². The van der Waals surface area contributed by atoms with E-state index in [1.165, 1.54) is 12.1 Å². The highest BCUT2D eigenvalue weighted by Crippen LogP contribution is 2.31. The van der Waals surface area contributed by atoms with Crippen molar-refractivity contribution in [3.05, 3.63) is 59.4 Å². The molecule has 6 nitrogen and oxygen atoms in total. The lowest BCUT2D eigenvalue weighted by atomic mass is 10.0. The highest BCUT2D eigenvalue weighted by atomic mass is 19.1. The summed E-state index contributed by atoms with van der Waals surface area (Å²) in [5.74, 6) is 1.13. The van der Waals surface area contributed by atoms with Crippen molar-refractivity contribution in [1.29, 1.82) is 0 Å². The second kappa shape index (κ2) is 10.0. The number of halogens is 1. The highest BCUT2D eigenvalue weighted by Gasteiger charge is 2.32. The second-order valence-corrected chi connectivity index (χ2v) is 8.37. The Balaban J connectivity index is 1.46. The van der Waals surface area contributed by atoms with Crippen LogP contribution in [0.15, 0.2) is 47.6 Å². The van der Waals surface area contributed by atoms with Gasteiger partial charge >= 0.3 is 0 Å². The lowest BCUT2D eigenvalue weighted by molar-refractivity contribution is -0.137. The smallest absolute Gasteiger partial charge is 0.226 e. The van der Waals surface area contributed by atoms with E-state index in [9.17, 15) is 9.18 Å². The summed E-state index contributed by atoms with van der Waals surface area (Å²) in [5, 5.41) is 4.27. The van der Waals surface area contributed by atoms with Gasteiger partial charge in [0.25, 0.3) is 0 Å². The van der Waals surface area contributed by atoms with Crippen molar-refractivity contribution in [3.63, 3.8) is 0 Å². The van der Waals surface area contributed by atoms with E-state index in [1.54, 1.807) is 20.3 Å². The molecule has 1 fully saturated rings. The standard InChI is InChI=1S/C25H29FN2O4/c1-30-23-11-10-19(13-24(23)31-2)22-14-21(32-27-22)16-28(25(29)18-7-3-4-8-18)15-17-6-5-9-20(26)12-17/h5-6,9-13,18,21H,3-4,7-8,14-16H2,1-2H3/t21-/m0/s1. The monoisotopic (exact) mass is 440 g/mol. The molecular formula is C25H29FN2O4. The lowest BCUT2D eigenvalue weighted by Crippen LogP contribution is -2.40. The molecular weight excluding hydrogens is 411 g/mol. The van der Waals surface area contributed by atoms with Crippen LogP contribution in [0.5, 0.6) is 11.5 Å². The number of benzene rings is 2. The van der Waals surface area contributed by atoms with Crippen LogP contribution in [-0.4, -0.2) is 43.4 Å². The number of rotatable bonds is 8. The van der Waals surface area contributed by atoms with Gasteiger partial charge in [0.1, 0.15) is 5.82 Å². The number of ether oxygens (including phenoxy) is 2. The van der Waals surface area contributed by atoms with Gasteiger partial charge in [0.05, 0.1) is 26.5 Å². The third-order valence-electron chi connectivity index (χ3n) is 6.15. The first-order chi connectivity index (χ1) is 15.6. The average molecular weight is 441 g/mol. The Morgan fingerprint density at radius 1 is 1.12 bits per heavy atom. The zero-order valence-electron chi connectivity index (χ0n) is 18.6. The number of carbonyl (C=O) groups is 1. The minimum absolute atomic E-state index is 0.0381. The predicted molar refractivity (Wildman–Crippen MR) is 119 cm³/mol. The van der Waals surface area contributed by atoms with Crippen molar-refractivity contribution in [1.82, 2.24) is 4.90 Å². The number of oxime groups is 1. The van der Waals surface area contributed by atoms with Gasteiger partial charge in [-0.3, -0.25) is 4.79 Å². The number of nitrogens with zero attached hydrogens (tertiary/aromatic N) is 2. The zero-order valence-corrected chi connectivity index (χ0v) is 18.6. The number of amides is 1. The van der Waals surface area contributed by atoms with Crippen LogP contribution in [0.3, 0.4) is 0 Å². The molecule has 1 atom stereocenters. The molecule has 32 heavy (non-hydrogen) atoms. The molecule has 0 unspecified atom stereocenters. The summed E-state index contributed by atoms with van der Waals surface area (Å²) < 4.78 is 24.4. The summed E-state index contributed by atoms with van der Waals surface area (Å²) in [6.45, 7) is 0.769. The number of methoxy groups -OCH3 is 2. The van der Waals surface area contributed by atoms with Gasteiger partial charge in [-0.15, -0.1) is 0 Å². The number of hydrogen-bond acceptors (Lipinski definition) is 5. The molecule has 0 radical (unpaired) electrons. The molecule has 1 heterocycles. The van der Waals surface area contributed by atoms with E-state index in [2.05, 4.69) is 5.16 Å². The van der Waals surface area contributed by atoms with Crippen LogP contribution in [0, 0.1) is 11.7 Å². The molecule has 0 spiro atoms. The molecule has 2 aromatic carbocycles. The molecule has 1 aliphatic heterocycles. The number of carbonyl (C=O) groups excluding carboxylic acids is 1. The Bertz CT molecular complexity index is 988. The molecule has 0 bridgehead atoms. The minimum Gasteiger partial charge on any atom is -0.493 e. The van der Waals surface area contributed by atoms with Gasteiger partial charge in [0.2, 0.25) is 5.91 Å². The van der Waals surface area contributed by atoms with E-state index in [-0.39, 0.29) is 23.7 Å². The molecule has 0 aromatic heterocycles. The Morgan fingerprint density at radius 2 is 1.91 bits per heavy atom. The first-order valence-electron chi connectivity index (χ1n) is 11.1. The van der Waals surface area contributed by atoms with Crippen molar-refractivity contribution in [2.75, 3.05) is 20.8 Å². The fourth-order valence-corrected chi connectivity index (χ4v) is 4.48. The average Bonchev–Trinajstić information content (AvgIpc) is 3.50. The van der Waals surface area contributed by atoms with Crippen LogP contribution in [-0.2, 0) is 16.2 Å². The molecule has 2 aliphatic rings. The van der Waals surface area contributed by atoms with Gasteiger partial charge in [-0.05, 0) is 48.7 Å². The Morgan fingerprint density at radius 3 is 2.62 bits per heavy atom. The van der Waals surface area contributed by atoms with Crippen molar-refractivity contribution in [2.45, 2.75) is 44.8 Å². The Hall–Kier alpha value is -3.09. The van der Waals surface area contributed by atoms with E-state index in [1.807, 2.05) is 29.2 Å². The maximum absolute atomic E-state index is 13.7. The predicted octanol–water partition coefficient (Wildman–Crippen LogP) is 4.55. The van der Waals surface area contributed by atoms with Crippen LogP contribution >= 0.6 is 0 Å². The van der Waals surface area contributed by atoms with Crippen LogP contribution in [0.2, 0.25) is 0 Å². The third-order valence-corrected chi connectivity index (χ3v) is 6.15. The van der Waals surface area contributed by atoms with Crippen LogP contribution in [0.25, 0.3) is 0 Å². The maximum Gasteiger partial charge on any atom is 0.226 e. The zero-order chi connectivity index (χ0) is 22.5. The molecule has 0 saturated heterocycles. The van der Waals surface area contributed by atoms with E-state index in [0.717, 1.165) is 42.5 Å². The molecule has 1 amide bonds. The van der Waals surface area contributed by atoms with E-state index in [0.29, 0.717) is 31.0 Å². The van der Waals surface area contributed by atoms with Gasteiger partial charge in [0.15, 0.2) is 17.6 Å². The van der Waals surface area contributed by atoms with Crippen LogP contribution in [0.4, 0.5) is 4.39 Å². The maximum atomic E-state index is 13.7. The molecule has 1 aliphatic carbocycles. The Kier molecular flexibility index (Phi) is 6.93. The fraction of sp³-hybridized carbons (Fsp3) is 0.440. The quantitative estimate of drug-likeness (QED) is 0.604. The Labute approximate surface area is 187 Å². The van der Waals surface area contributed by atoms with Crippen molar-refractivity contribution in [2.24, 2.45) is 11.1 Å². The van der Waals surface area contributed by atoms with Crippen molar-refractivity contribution in [3.8, 4) is 11.5 Å². The highest BCUT2D eigenvalue weighted by molar-refractivity contribution is 6.01. The normalized spacial score (nSPS) is 18.2. The molecule has 4 rings (SSSR count).